The van der Waals surface area contributed by atoms with Gasteiger partial charge in [-0.2, -0.15) is 0 Å². The van der Waals surface area contributed by atoms with Crippen LogP contribution in [0.15, 0.2) is 40.1 Å². The fourth-order valence-electron chi connectivity index (χ4n) is 1.75. The van der Waals surface area contributed by atoms with Crippen LogP contribution in [-0.4, -0.2) is 27.4 Å². The number of hydrogen-bond donors (Lipinski definition) is 1. The van der Waals surface area contributed by atoms with Gasteiger partial charge in [-0.15, -0.1) is 5.10 Å². The molecular weight excluding hydrogens is 312 g/mol. The van der Waals surface area contributed by atoms with Gasteiger partial charge in [-0.1, -0.05) is 28.5 Å². The van der Waals surface area contributed by atoms with Gasteiger partial charge in [0.05, 0.1) is 24.6 Å². The lowest BCUT2D eigenvalue weighted by Crippen LogP contribution is -1.89. The molecule has 0 radical (unpaired) electrons. The van der Waals surface area contributed by atoms with E-state index in [9.17, 15) is 0 Å². The Morgan fingerprint density at radius 2 is 2.29 bits per heavy atom. The number of benzene rings is 1. The molecule has 0 aliphatic carbocycles. The number of methoxy groups -OCH3 is 1. The van der Waals surface area contributed by atoms with Gasteiger partial charge in [0.25, 0.3) is 0 Å². The molecule has 0 unspecified atom stereocenters. The van der Waals surface area contributed by atoms with E-state index in [-0.39, 0.29) is 0 Å². The van der Waals surface area contributed by atoms with E-state index < -0.39 is 0 Å². The number of aromatic nitrogens is 4. The third kappa shape index (κ3) is 3.20. The van der Waals surface area contributed by atoms with Crippen molar-refractivity contribution >= 4 is 23.4 Å². The molecule has 0 bridgehead atoms. The van der Waals surface area contributed by atoms with Crippen LogP contribution in [0.4, 0.5) is 0 Å². The normalized spacial score (nSPS) is 10.8. The summed E-state index contributed by atoms with van der Waals surface area (Å²) < 4.78 is 10.3. The number of hydrogen-bond acceptors (Lipinski definition) is 6. The lowest BCUT2D eigenvalue weighted by atomic mass is 10.2. The minimum Gasteiger partial charge on any atom is -0.496 e. The largest absolute Gasteiger partial charge is 0.496 e. The highest BCUT2D eigenvalue weighted by Gasteiger charge is 2.12. The Labute approximate surface area is 129 Å². The van der Waals surface area contributed by atoms with Gasteiger partial charge in [-0.05, 0) is 18.2 Å². The van der Waals surface area contributed by atoms with Crippen LogP contribution in [0.3, 0.4) is 0 Å². The van der Waals surface area contributed by atoms with Gasteiger partial charge in [0.2, 0.25) is 5.16 Å². The number of ether oxygens (including phenoxy) is 1. The molecule has 2 aromatic heterocycles. The third-order valence-corrected chi connectivity index (χ3v) is 3.82. The number of aromatic amines is 1. The molecular formula is C13H11ClN4O2S. The molecule has 0 amide bonds. The van der Waals surface area contributed by atoms with E-state index in [1.807, 2.05) is 0 Å². The Kier molecular flexibility index (Phi) is 4.12. The summed E-state index contributed by atoms with van der Waals surface area (Å²) >= 11 is 7.47. The van der Waals surface area contributed by atoms with Crippen LogP contribution in [0.25, 0.3) is 11.4 Å². The van der Waals surface area contributed by atoms with E-state index in [0.717, 1.165) is 11.3 Å². The second-order valence-corrected chi connectivity index (χ2v) is 5.46. The Morgan fingerprint density at radius 3 is 3.05 bits per heavy atom. The molecule has 2 heterocycles. The average Bonchev–Trinajstić information content (AvgIpc) is 3.16. The van der Waals surface area contributed by atoms with Gasteiger partial charge in [-0.25, -0.2) is 4.98 Å². The first-order valence-corrected chi connectivity index (χ1v) is 7.41. The van der Waals surface area contributed by atoms with Crippen LogP contribution >= 0.6 is 23.4 Å². The molecule has 0 saturated carbocycles. The maximum Gasteiger partial charge on any atom is 0.209 e. The van der Waals surface area contributed by atoms with Crippen LogP contribution in [0.2, 0.25) is 5.02 Å². The molecule has 0 saturated heterocycles. The molecule has 1 aromatic carbocycles. The number of nitrogens with one attached hydrogen (secondary N) is 1. The highest BCUT2D eigenvalue weighted by Crippen LogP contribution is 2.31. The summed E-state index contributed by atoms with van der Waals surface area (Å²) in [6, 6.07) is 7.15. The molecule has 0 aliphatic heterocycles. The lowest BCUT2D eigenvalue weighted by molar-refractivity contribution is 0.395. The van der Waals surface area contributed by atoms with Gasteiger partial charge < -0.3 is 9.26 Å². The molecule has 1 N–H and O–H groups in total. The number of H-pyrrole nitrogens is 1. The number of thioether (sulfide) groups is 1. The van der Waals surface area contributed by atoms with Crippen molar-refractivity contribution in [3.05, 3.63) is 41.2 Å². The molecule has 0 spiro atoms. The number of rotatable bonds is 5. The first kappa shape index (κ1) is 14.0. The number of halogens is 1. The SMILES string of the molecule is COc1ccc(Cl)cc1-c1nc(SCc2ccno2)n[nH]1. The van der Waals surface area contributed by atoms with E-state index in [1.54, 1.807) is 37.6 Å². The van der Waals surface area contributed by atoms with Gasteiger partial charge in [0.1, 0.15) is 11.5 Å². The monoisotopic (exact) mass is 322 g/mol. The van der Waals surface area contributed by atoms with Crippen molar-refractivity contribution in [3.8, 4) is 17.1 Å². The Morgan fingerprint density at radius 1 is 1.38 bits per heavy atom. The van der Waals surface area contributed by atoms with Gasteiger partial charge in [0, 0.05) is 11.1 Å². The zero-order chi connectivity index (χ0) is 14.7. The second-order valence-electron chi connectivity index (χ2n) is 4.08. The number of nitrogens with zero attached hydrogens (tertiary/aromatic N) is 3. The highest BCUT2D eigenvalue weighted by atomic mass is 35.5. The molecule has 0 aliphatic rings. The summed E-state index contributed by atoms with van der Waals surface area (Å²) in [6.07, 6.45) is 1.61. The molecule has 3 rings (SSSR count). The van der Waals surface area contributed by atoms with Crippen LogP contribution < -0.4 is 4.74 Å². The predicted molar refractivity (Wildman–Crippen MR) is 79.4 cm³/mol. The zero-order valence-electron chi connectivity index (χ0n) is 11.0. The van der Waals surface area contributed by atoms with Gasteiger partial charge in [-0.3, -0.25) is 5.10 Å². The van der Waals surface area contributed by atoms with Gasteiger partial charge >= 0.3 is 0 Å². The smallest absolute Gasteiger partial charge is 0.209 e. The fraction of sp³-hybridized carbons (Fsp3) is 0.154. The summed E-state index contributed by atoms with van der Waals surface area (Å²) in [5, 5.41) is 11.9. The van der Waals surface area contributed by atoms with Crippen molar-refractivity contribution < 1.29 is 9.26 Å². The van der Waals surface area contributed by atoms with Crippen LogP contribution in [0.5, 0.6) is 5.75 Å². The van der Waals surface area contributed by atoms with Crippen molar-refractivity contribution in [1.82, 2.24) is 20.3 Å². The van der Waals surface area contributed by atoms with Crippen molar-refractivity contribution in [2.45, 2.75) is 10.9 Å². The second kappa shape index (κ2) is 6.19. The van der Waals surface area contributed by atoms with Crippen LogP contribution in [0.1, 0.15) is 5.76 Å². The molecule has 0 fully saturated rings. The minimum atomic E-state index is 0.606. The molecule has 108 valence electrons. The topological polar surface area (TPSA) is 76.8 Å². The van der Waals surface area contributed by atoms with Crippen molar-refractivity contribution in [3.63, 3.8) is 0 Å². The van der Waals surface area contributed by atoms with E-state index >= 15 is 0 Å². The Bertz CT molecular complexity index is 730. The van der Waals surface area contributed by atoms with Crippen molar-refractivity contribution in [1.29, 1.82) is 0 Å². The van der Waals surface area contributed by atoms with Crippen LogP contribution in [-0.2, 0) is 5.75 Å². The summed E-state index contributed by atoms with van der Waals surface area (Å²) in [4.78, 5) is 4.43. The van der Waals surface area contributed by atoms with E-state index in [0.29, 0.717) is 27.5 Å². The van der Waals surface area contributed by atoms with Crippen molar-refractivity contribution in [2.24, 2.45) is 0 Å². The van der Waals surface area contributed by atoms with E-state index in [4.69, 9.17) is 20.9 Å². The third-order valence-electron chi connectivity index (χ3n) is 2.72. The Balaban J connectivity index is 1.79. The quantitative estimate of drug-likeness (QED) is 0.725. The average molecular weight is 323 g/mol. The standard InChI is InChI=1S/C13H11ClN4O2S/c1-19-11-3-2-8(14)6-10(11)12-16-13(18-17-12)21-7-9-4-5-15-20-9/h2-6H,7H2,1H3,(H,16,17,18). The van der Waals surface area contributed by atoms with E-state index in [2.05, 4.69) is 20.3 Å². The maximum absolute atomic E-state index is 6.02. The first-order chi connectivity index (χ1) is 10.3. The summed E-state index contributed by atoms with van der Waals surface area (Å²) in [7, 11) is 1.60. The molecule has 6 nitrogen and oxygen atoms in total. The summed E-state index contributed by atoms with van der Waals surface area (Å²) in [6.45, 7) is 0. The highest BCUT2D eigenvalue weighted by molar-refractivity contribution is 7.98. The fourth-order valence-corrected chi connectivity index (χ4v) is 2.61. The zero-order valence-corrected chi connectivity index (χ0v) is 12.6. The Hall–Kier alpha value is -1.99. The van der Waals surface area contributed by atoms with Gasteiger partial charge in [0.15, 0.2) is 5.82 Å². The summed E-state index contributed by atoms with van der Waals surface area (Å²) in [5.41, 5.74) is 0.768. The lowest BCUT2D eigenvalue weighted by Gasteiger charge is -2.05. The predicted octanol–water partition coefficient (Wildman–Crippen LogP) is 3.41. The minimum absolute atomic E-state index is 0.606. The molecule has 3 aromatic rings. The molecule has 0 atom stereocenters. The maximum atomic E-state index is 6.02. The van der Waals surface area contributed by atoms with Crippen LogP contribution in [0, 0.1) is 0 Å². The summed E-state index contributed by atoms with van der Waals surface area (Å²) in [5.74, 6) is 2.67. The first-order valence-electron chi connectivity index (χ1n) is 6.05. The van der Waals surface area contributed by atoms with Crippen molar-refractivity contribution in [2.75, 3.05) is 7.11 Å². The van der Waals surface area contributed by atoms with E-state index in [1.165, 1.54) is 11.8 Å². The molecule has 8 heteroatoms. The molecule has 21 heavy (non-hydrogen) atoms.